The number of piperidine rings is 2. The Morgan fingerprint density at radius 1 is 0.536 bits per heavy atom. The number of carbonyl (C=O) groups excluding carboxylic acids is 2. The van der Waals surface area contributed by atoms with Gasteiger partial charge in [-0.05, 0) is 75.2 Å². The highest BCUT2D eigenvalue weighted by Crippen LogP contribution is 2.40. The second-order valence-electron chi connectivity index (χ2n) is 19.0. The largest absolute Gasteiger partial charge is 0.494 e. The molecule has 4 atom stereocenters. The summed E-state index contributed by atoms with van der Waals surface area (Å²) in [6.07, 6.45) is 6.89. The molecular formula is C54H58F2N12O14S2. The molecule has 6 aromatic heterocycles. The van der Waals surface area contributed by atoms with Crippen molar-refractivity contribution in [1.29, 1.82) is 0 Å². The average Bonchev–Trinajstić information content (AvgIpc) is 2.87. The van der Waals surface area contributed by atoms with Crippen molar-refractivity contribution in [2.75, 3.05) is 77.6 Å². The van der Waals surface area contributed by atoms with E-state index in [1.54, 1.807) is 84.3 Å². The molecule has 0 N–H and O–H groups in total. The van der Waals surface area contributed by atoms with E-state index in [1.807, 2.05) is 0 Å². The van der Waals surface area contributed by atoms with Crippen molar-refractivity contribution in [3.05, 3.63) is 121 Å². The molecule has 0 spiro atoms. The lowest BCUT2D eigenvalue weighted by atomic mass is 9.98. The molecule has 2 aromatic carbocycles. The van der Waals surface area contributed by atoms with Crippen molar-refractivity contribution >= 4 is 43.5 Å². The number of halogens is 2. The number of esters is 2. The summed E-state index contributed by atoms with van der Waals surface area (Å²) in [5.74, 6) is -1.90. The van der Waals surface area contributed by atoms with E-state index in [4.69, 9.17) is 37.3 Å². The maximum Gasteiger partial charge on any atom is 0.310 e. The van der Waals surface area contributed by atoms with Gasteiger partial charge >= 0.3 is 11.9 Å². The molecule has 2 aliphatic heterocycles. The van der Waals surface area contributed by atoms with Gasteiger partial charge in [0.2, 0.25) is 23.5 Å². The molecule has 2 aliphatic rings. The van der Waals surface area contributed by atoms with Crippen molar-refractivity contribution in [3.63, 3.8) is 0 Å². The third kappa shape index (κ3) is 12.9. The second-order valence-corrected chi connectivity index (χ2v) is 23.5. The van der Waals surface area contributed by atoms with Gasteiger partial charge in [0.05, 0.1) is 101 Å². The standard InChI is InChI=1S/2C27H29FN6O7S/c2*1-4-40-26(35)17-11-19(15-33(14-17)27-29-12-18(28)13-30-27)42(36,37)16-23-31-32-25(22-9-6-10-41-22)34(23)24-20(38-2)7-5-8-21(24)39-3/h2*5-10,12-13,17,19H,4,11,14-16H2,1-3H3/t2*17-,19-/m10/s1. The van der Waals surface area contributed by atoms with Gasteiger partial charge < -0.3 is 47.1 Å². The average molecular weight is 1200 g/mol. The van der Waals surface area contributed by atoms with E-state index in [-0.39, 0.29) is 87.4 Å². The zero-order valence-electron chi connectivity index (χ0n) is 46.3. The summed E-state index contributed by atoms with van der Waals surface area (Å²) in [5.41, 5.74) is 0.775. The van der Waals surface area contributed by atoms with Gasteiger partial charge in [-0.3, -0.25) is 18.7 Å². The molecule has 8 aromatic rings. The summed E-state index contributed by atoms with van der Waals surface area (Å²) in [6, 6.07) is 17.0. The predicted molar refractivity (Wildman–Crippen MR) is 295 cm³/mol. The van der Waals surface area contributed by atoms with Crippen LogP contribution >= 0.6 is 0 Å². The Balaban J connectivity index is 0.000000202. The van der Waals surface area contributed by atoms with Gasteiger partial charge in [0.25, 0.3) is 0 Å². The third-order valence-electron chi connectivity index (χ3n) is 13.7. The number of anilines is 2. The van der Waals surface area contributed by atoms with Crippen LogP contribution in [-0.2, 0) is 50.2 Å². The summed E-state index contributed by atoms with van der Waals surface area (Å²) in [7, 11) is -2.09. The highest BCUT2D eigenvalue weighted by molar-refractivity contribution is 7.91. The van der Waals surface area contributed by atoms with E-state index in [0.29, 0.717) is 45.9 Å². The van der Waals surface area contributed by atoms with Crippen molar-refractivity contribution in [3.8, 4) is 57.5 Å². The van der Waals surface area contributed by atoms with E-state index < -0.39 is 77.1 Å². The van der Waals surface area contributed by atoms with Gasteiger partial charge in [-0.15, -0.1) is 20.4 Å². The molecule has 10 rings (SSSR count). The maximum absolute atomic E-state index is 14.1. The van der Waals surface area contributed by atoms with Gasteiger partial charge in [-0.2, -0.15) is 0 Å². The van der Waals surface area contributed by atoms with Crippen LogP contribution in [0, 0.1) is 23.5 Å². The third-order valence-corrected chi connectivity index (χ3v) is 17.7. The quantitative estimate of drug-likeness (QED) is 0.0827. The summed E-state index contributed by atoms with van der Waals surface area (Å²) >= 11 is 0. The lowest BCUT2D eigenvalue weighted by Gasteiger charge is -2.36. The Morgan fingerprint density at radius 3 is 1.20 bits per heavy atom. The van der Waals surface area contributed by atoms with Crippen molar-refractivity contribution in [2.24, 2.45) is 11.8 Å². The number of carbonyl (C=O) groups is 2. The number of nitrogens with zero attached hydrogens (tertiary/aromatic N) is 12. The number of benzene rings is 2. The number of hydrogen-bond acceptors (Lipinski definition) is 24. The summed E-state index contributed by atoms with van der Waals surface area (Å²) < 4.78 is 130. The molecule has 8 heterocycles. The summed E-state index contributed by atoms with van der Waals surface area (Å²) in [5, 5.41) is 14.9. The highest BCUT2D eigenvalue weighted by Gasteiger charge is 2.43. The zero-order chi connectivity index (χ0) is 59.7. The first-order valence-electron chi connectivity index (χ1n) is 26.1. The van der Waals surface area contributed by atoms with Crippen LogP contribution in [0.5, 0.6) is 23.0 Å². The number of para-hydroxylation sites is 2. The number of rotatable bonds is 20. The lowest BCUT2D eigenvalue weighted by Crippen LogP contribution is -2.49. The number of hydrogen-bond donors (Lipinski definition) is 0. The smallest absolute Gasteiger partial charge is 0.310 e. The van der Waals surface area contributed by atoms with Crippen LogP contribution in [-0.4, -0.2) is 157 Å². The minimum atomic E-state index is -4.01. The Morgan fingerprint density at radius 2 is 0.893 bits per heavy atom. The number of sulfone groups is 2. The first-order valence-corrected chi connectivity index (χ1v) is 29.5. The monoisotopic (exact) mass is 1200 g/mol. The Kier molecular flexibility index (Phi) is 18.5. The fourth-order valence-corrected chi connectivity index (χ4v) is 13.3. The Bertz CT molecular complexity index is 3490. The molecule has 84 heavy (non-hydrogen) atoms. The fraction of sp³-hybridized carbons (Fsp3) is 0.370. The zero-order valence-corrected chi connectivity index (χ0v) is 47.9. The van der Waals surface area contributed by atoms with Crippen molar-refractivity contribution < 1.29 is 72.5 Å². The molecular weight excluding hydrogens is 1140 g/mol. The molecule has 0 radical (unpaired) electrons. The molecule has 0 unspecified atom stereocenters. The molecule has 0 aliphatic carbocycles. The molecule has 444 valence electrons. The van der Waals surface area contributed by atoms with E-state index in [1.165, 1.54) is 50.1 Å². The number of furan rings is 2. The van der Waals surface area contributed by atoms with Crippen LogP contribution in [0.2, 0.25) is 0 Å². The summed E-state index contributed by atoms with van der Waals surface area (Å²) in [6.45, 7) is 3.80. The minimum absolute atomic E-state index is 0.00994. The summed E-state index contributed by atoms with van der Waals surface area (Å²) in [4.78, 5) is 44.6. The topological polar surface area (TPSA) is 304 Å². The van der Waals surface area contributed by atoms with Crippen LogP contribution in [0.15, 0.2) is 107 Å². The van der Waals surface area contributed by atoms with Crippen molar-refractivity contribution in [2.45, 2.75) is 48.7 Å². The van der Waals surface area contributed by atoms with Crippen LogP contribution in [0.25, 0.3) is 34.5 Å². The second kappa shape index (κ2) is 26.0. The first kappa shape index (κ1) is 59.6. The molecule has 0 amide bonds. The lowest BCUT2D eigenvalue weighted by molar-refractivity contribution is -0.149. The molecule has 30 heteroatoms. The number of ether oxygens (including phenoxy) is 6. The van der Waals surface area contributed by atoms with E-state index >= 15 is 0 Å². The minimum Gasteiger partial charge on any atom is -0.494 e. The van der Waals surface area contributed by atoms with Gasteiger partial charge in [0, 0.05) is 26.2 Å². The van der Waals surface area contributed by atoms with E-state index in [0.717, 1.165) is 24.8 Å². The van der Waals surface area contributed by atoms with Gasteiger partial charge in [0.15, 0.2) is 54.5 Å². The van der Waals surface area contributed by atoms with Gasteiger partial charge in [0.1, 0.15) is 45.9 Å². The van der Waals surface area contributed by atoms with Crippen LogP contribution < -0.4 is 28.7 Å². The normalized spacial score (nSPS) is 17.2. The van der Waals surface area contributed by atoms with Gasteiger partial charge in [-0.1, -0.05) is 12.1 Å². The molecule has 2 saturated heterocycles. The molecule has 2 fully saturated rings. The maximum atomic E-state index is 14.1. The molecule has 0 bridgehead atoms. The number of methoxy groups -OCH3 is 4. The highest BCUT2D eigenvalue weighted by atomic mass is 32.2. The van der Waals surface area contributed by atoms with E-state index in [2.05, 4.69) is 40.3 Å². The Hall–Kier alpha value is -9.06. The molecule has 26 nitrogen and oxygen atoms in total. The predicted octanol–water partition coefficient (Wildman–Crippen LogP) is 5.69. The van der Waals surface area contributed by atoms with Crippen LogP contribution in [0.1, 0.15) is 38.3 Å². The van der Waals surface area contributed by atoms with Gasteiger partial charge in [-0.25, -0.2) is 45.6 Å². The Labute approximate surface area is 480 Å². The van der Waals surface area contributed by atoms with Crippen LogP contribution in [0.4, 0.5) is 20.7 Å². The van der Waals surface area contributed by atoms with Crippen molar-refractivity contribution in [1.82, 2.24) is 49.5 Å². The number of aromatic nitrogens is 10. The van der Waals surface area contributed by atoms with E-state index in [9.17, 15) is 35.2 Å². The van der Waals surface area contributed by atoms with Crippen LogP contribution in [0.3, 0.4) is 0 Å². The fourth-order valence-electron chi connectivity index (χ4n) is 9.87. The first-order chi connectivity index (χ1) is 40.5. The molecule has 0 saturated carbocycles. The SMILES string of the molecule is CCOC(=O)[C@@H]1C[C@@H](S(=O)(=O)Cc2nnc(-c3ccco3)n2-c2c(OC)cccc2OC)CN(c2ncc(F)cn2)C1.CCOC(=O)[C@H]1C[C@H](S(=O)(=O)Cc2nnc(-c3ccco3)n2-c2c(OC)cccc2OC)CN(c2ncc(F)cn2)C1.